The first-order chi connectivity index (χ1) is 11.0. The van der Waals surface area contributed by atoms with Gasteiger partial charge in [0.1, 0.15) is 17.4 Å². The summed E-state index contributed by atoms with van der Waals surface area (Å²) in [5, 5.41) is 15.4. The number of rotatable bonds is 8. The largest absolute Gasteiger partial charge is 0.550 e. The molecule has 1 aromatic carbocycles. The summed E-state index contributed by atoms with van der Waals surface area (Å²) >= 11 is 1.26. The average molecular weight is 333 g/mol. The maximum atomic E-state index is 11.8. The number of hydrogen-bond donors (Lipinski definition) is 1. The zero-order valence-corrected chi connectivity index (χ0v) is 13.5. The molecule has 2 rings (SSSR count). The van der Waals surface area contributed by atoms with E-state index >= 15 is 0 Å². The Labute approximate surface area is 138 Å². The van der Waals surface area contributed by atoms with Crippen molar-refractivity contribution in [1.82, 2.24) is 10.3 Å². The zero-order valence-electron chi connectivity index (χ0n) is 12.7. The molecule has 1 amide bonds. The fourth-order valence-electron chi connectivity index (χ4n) is 1.92. The Hall–Kier alpha value is -2.41. The van der Waals surface area contributed by atoms with Gasteiger partial charge in [0.2, 0.25) is 5.91 Å². The molecule has 1 N–H and O–H groups in total. The van der Waals surface area contributed by atoms with Gasteiger partial charge in [0.15, 0.2) is 0 Å². The van der Waals surface area contributed by atoms with Crippen LogP contribution >= 0.6 is 11.3 Å². The van der Waals surface area contributed by atoms with Gasteiger partial charge in [-0.05, 0) is 24.6 Å². The Morgan fingerprint density at radius 3 is 2.91 bits per heavy atom. The lowest BCUT2D eigenvalue weighted by atomic mass is 10.2. The molecule has 1 heterocycles. The van der Waals surface area contributed by atoms with E-state index in [9.17, 15) is 14.7 Å². The van der Waals surface area contributed by atoms with Crippen LogP contribution in [-0.4, -0.2) is 30.0 Å². The van der Waals surface area contributed by atoms with Gasteiger partial charge < -0.3 is 20.0 Å². The standard InChI is InChI=1S/C16H18N2O4S/c1-11-3-2-4-13(7-11)22-6-5-17-14(19)9-15-18-12(10-23-15)8-16(20)21/h2-4,7,10H,5-6,8-9H2,1H3,(H,17,19)(H,20,21)/p-1. The van der Waals surface area contributed by atoms with E-state index in [1.807, 2.05) is 31.2 Å². The molecule has 0 bridgehead atoms. The third-order valence-corrected chi connectivity index (χ3v) is 3.82. The number of hydrogen-bond acceptors (Lipinski definition) is 6. The first-order valence-corrected chi connectivity index (χ1v) is 8.00. The molecule has 0 saturated carbocycles. The number of carbonyl (C=O) groups is 2. The Morgan fingerprint density at radius 1 is 1.35 bits per heavy atom. The number of aliphatic carboxylic acids is 1. The second-order valence-electron chi connectivity index (χ2n) is 4.97. The highest BCUT2D eigenvalue weighted by Gasteiger charge is 2.08. The van der Waals surface area contributed by atoms with Crippen molar-refractivity contribution in [2.45, 2.75) is 19.8 Å². The number of benzene rings is 1. The molecule has 7 heteroatoms. The number of ether oxygens (including phenoxy) is 1. The van der Waals surface area contributed by atoms with Crippen LogP contribution < -0.4 is 15.2 Å². The number of aromatic nitrogens is 1. The second-order valence-corrected chi connectivity index (χ2v) is 5.92. The highest BCUT2D eigenvalue weighted by atomic mass is 32.1. The summed E-state index contributed by atoms with van der Waals surface area (Å²) < 4.78 is 5.54. The molecule has 0 atom stereocenters. The van der Waals surface area contributed by atoms with E-state index in [0.29, 0.717) is 23.9 Å². The summed E-state index contributed by atoms with van der Waals surface area (Å²) in [6.45, 7) is 2.75. The van der Waals surface area contributed by atoms with Crippen molar-refractivity contribution < 1.29 is 19.4 Å². The third-order valence-electron chi connectivity index (χ3n) is 2.92. The van der Waals surface area contributed by atoms with E-state index in [0.717, 1.165) is 11.3 Å². The molecule has 0 aliphatic carbocycles. The molecule has 6 nitrogen and oxygen atoms in total. The Kier molecular flexibility index (Phi) is 6.10. The maximum absolute atomic E-state index is 11.8. The summed E-state index contributed by atoms with van der Waals surface area (Å²) in [5.41, 5.74) is 1.53. The fourth-order valence-corrected chi connectivity index (χ4v) is 2.72. The molecule has 122 valence electrons. The molecule has 0 radical (unpaired) electrons. The number of carboxylic acids is 1. The van der Waals surface area contributed by atoms with Gasteiger partial charge in [0.25, 0.3) is 0 Å². The van der Waals surface area contributed by atoms with Crippen molar-refractivity contribution in [1.29, 1.82) is 0 Å². The smallest absolute Gasteiger partial charge is 0.226 e. The van der Waals surface area contributed by atoms with Crippen molar-refractivity contribution in [2.75, 3.05) is 13.2 Å². The minimum absolute atomic E-state index is 0.127. The molecule has 23 heavy (non-hydrogen) atoms. The van der Waals surface area contributed by atoms with Crippen LogP contribution in [0.4, 0.5) is 0 Å². The van der Waals surface area contributed by atoms with Crippen molar-refractivity contribution in [2.24, 2.45) is 0 Å². The Bertz CT molecular complexity index is 684. The summed E-state index contributed by atoms with van der Waals surface area (Å²) in [7, 11) is 0. The van der Waals surface area contributed by atoms with Crippen LogP contribution in [0.25, 0.3) is 0 Å². The monoisotopic (exact) mass is 333 g/mol. The molecule has 2 aromatic rings. The number of carboxylic acid groups (broad SMARTS) is 1. The fraction of sp³-hybridized carbons (Fsp3) is 0.312. The van der Waals surface area contributed by atoms with Crippen LogP contribution in [0.5, 0.6) is 5.75 Å². The molecule has 0 aliphatic rings. The van der Waals surface area contributed by atoms with Crippen LogP contribution in [0.3, 0.4) is 0 Å². The SMILES string of the molecule is Cc1cccc(OCCNC(=O)Cc2nc(CC(=O)[O-])cs2)c1. The molecule has 0 fully saturated rings. The highest BCUT2D eigenvalue weighted by molar-refractivity contribution is 7.09. The van der Waals surface area contributed by atoms with Crippen LogP contribution in [-0.2, 0) is 22.4 Å². The Morgan fingerprint density at radius 2 is 2.17 bits per heavy atom. The first kappa shape index (κ1) is 17.0. The van der Waals surface area contributed by atoms with Crippen molar-refractivity contribution in [3.8, 4) is 5.75 Å². The van der Waals surface area contributed by atoms with Crippen molar-refractivity contribution >= 4 is 23.2 Å². The lowest BCUT2D eigenvalue weighted by Gasteiger charge is -2.07. The molecule has 1 aromatic heterocycles. The van der Waals surface area contributed by atoms with Gasteiger partial charge in [-0.3, -0.25) is 4.79 Å². The number of amides is 1. The van der Waals surface area contributed by atoms with E-state index in [4.69, 9.17) is 4.74 Å². The summed E-state index contributed by atoms with van der Waals surface area (Å²) in [6.07, 6.45) is -0.107. The highest BCUT2D eigenvalue weighted by Crippen LogP contribution is 2.12. The summed E-state index contributed by atoms with van der Waals surface area (Å²) in [5.74, 6) is -0.585. The number of aryl methyl sites for hydroxylation is 1. The predicted octanol–water partition coefficient (Wildman–Crippen LogP) is 0.482. The van der Waals surface area contributed by atoms with E-state index in [-0.39, 0.29) is 18.7 Å². The maximum Gasteiger partial charge on any atom is 0.226 e. The van der Waals surface area contributed by atoms with Crippen LogP contribution in [0.2, 0.25) is 0 Å². The molecule has 0 unspecified atom stereocenters. The van der Waals surface area contributed by atoms with E-state index in [1.165, 1.54) is 11.3 Å². The van der Waals surface area contributed by atoms with Gasteiger partial charge in [-0.15, -0.1) is 11.3 Å². The minimum Gasteiger partial charge on any atom is -0.550 e. The lowest BCUT2D eigenvalue weighted by molar-refractivity contribution is -0.304. The van der Waals surface area contributed by atoms with Gasteiger partial charge in [-0.25, -0.2) is 4.98 Å². The number of nitrogens with one attached hydrogen (secondary N) is 1. The molecule has 0 saturated heterocycles. The average Bonchev–Trinajstić information content (AvgIpc) is 2.90. The van der Waals surface area contributed by atoms with E-state index in [1.54, 1.807) is 5.38 Å². The topological polar surface area (TPSA) is 91.3 Å². The number of thiazole rings is 1. The lowest BCUT2D eigenvalue weighted by Crippen LogP contribution is -2.29. The van der Waals surface area contributed by atoms with Crippen molar-refractivity contribution in [3.05, 3.63) is 45.9 Å². The third kappa shape index (κ3) is 6.07. The van der Waals surface area contributed by atoms with Crippen molar-refractivity contribution in [3.63, 3.8) is 0 Å². The van der Waals surface area contributed by atoms with Gasteiger partial charge in [0, 0.05) is 17.8 Å². The quantitative estimate of drug-likeness (QED) is 0.710. The summed E-state index contributed by atoms with van der Waals surface area (Å²) in [6, 6.07) is 7.69. The van der Waals surface area contributed by atoms with Crippen LogP contribution in [0.1, 0.15) is 16.3 Å². The van der Waals surface area contributed by atoms with Gasteiger partial charge in [-0.2, -0.15) is 0 Å². The predicted molar refractivity (Wildman–Crippen MR) is 84.2 cm³/mol. The van der Waals surface area contributed by atoms with E-state index < -0.39 is 5.97 Å². The van der Waals surface area contributed by atoms with E-state index in [2.05, 4.69) is 10.3 Å². The number of carbonyl (C=O) groups excluding carboxylic acids is 2. The normalized spacial score (nSPS) is 10.3. The van der Waals surface area contributed by atoms with Gasteiger partial charge in [0.05, 0.1) is 18.7 Å². The minimum atomic E-state index is -1.18. The van der Waals surface area contributed by atoms with Crippen LogP contribution in [0.15, 0.2) is 29.6 Å². The van der Waals surface area contributed by atoms with Gasteiger partial charge in [-0.1, -0.05) is 12.1 Å². The first-order valence-electron chi connectivity index (χ1n) is 7.12. The number of nitrogens with zero attached hydrogens (tertiary/aromatic N) is 1. The molecular weight excluding hydrogens is 316 g/mol. The van der Waals surface area contributed by atoms with Gasteiger partial charge >= 0.3 is 0 Å². The second kappa shape index (κ2) is 8.28. The molecular formula is C16H17N2O4S-. The molecule has 0 spiro atoms. The Balaban J connectivity index is 1.69. The summed E-state index contributed by atoms with van der Waals surface area (Å²) in [4.78, 5) is 26.3. The molecule has 0 aliphatic heterocycles. The zero-order chi connectivity index (χ0) is 16.7. The van der Waals surface area contributed by atoms with Crippen LogP contribution in [0, 0.1) is 6.92 Å².